The van der Waals surface area contributed by atoms with Gasteiger partial charge in [-0.3, -0.25) is 0 Å². The third-order valence-corrected chi connectivity index (χ3v) is 5.54. The normalized spacial score (nSPS) is 11.0. The van der Waals surface area contributed by atoms with Crippen molar-refractivity contribution >= 4 is 16.9 Å². The number of carboxylic acids is 1. The number of carboxylic acid groups (broad SMARTS) is 1. The standard InChI is InChI=1S/C26H32N2O3/c1-2-3-4-5-6-7-8-9-12-18-31-23-17-13-15-21(26(29)30)24(23)25-20-14-10-11-16-22(20)27-19-28-25/h10-11,13-17,19H,2-9,12,18H2,1H3,(H,29,30). The monoisotopic (exact) mass is 420 g/mol. The highest BCUT2D eigenvalue weighted by atomic mass is 16.5. The Bertz CT molecular complexity index is 982. The minimum atomic E-state index is -0.994. The SMILES string of the molecule is CCCCCCCCCCCOc1cccc(C(=O)O)c1-c1ncnc2ccccc12. The molecule has 3 rings (SSSR count). The number of hydrogen-bond acceptors (Lipinski definition) is 4. The van der Waals surface area contributed by atoms with Gasteiger partial charge in [0.1, 0.15) is 12.1 Å². The fraction of sp³-hybridized carbons (Fsp3) is 0.423. The summed E-state index contributed by atoms with van der Waals surface area (Å²) in [5.41, 5.74) is 2.07. The van der Waals surface area contributed by atoms with E-state index in [1.165, 1.54) is 51.3 Å². The molecule has 5 nitrogen and oxygen atoms in total. The van der Waals surface area contributed by atoms with Crippen molar-refractivity contribution in [2.75, 3.05) is 6.61 Å². The van der Waals surface area contributed by atoms with Crippen molar-refractivity contribution in [2.45, 2.75) is 64.7 Å². The second-order valence-corrected chi connectivity index (χ2v) is 7.90. The number of hydrogen-bond donors (Lipinski definition) is 1. The number of benzene rings is 2. The lowest BCUT2D eigenvalue weighted by Gasteiger charge is -2.15. The predicted molar refractivity (Wildman–Crippen MR) is 125 cm³/mol. The molecule has 0 aliphatic carbocycles. The van der Waals surface area contributed by atoms with Crippen LogP contribution in [-0.2, 0) is 0 Å². The van der Waals surface area contributed by atoms with Gasteiger partial charge in [0.05, 0.1) is 28.9 Å². The molecule has 0 spiro atoms. The van der Waals surface area contributed by atoms with Gasteiger partial charge in [-0.25, -0.2) is 14.8 Å². The van der Waals surface area contributed by atoms with E-state index < -0.39 is 5.97 Å². The van der Waals surface area contributed by atoms with Crippen molar-refractivity contribution < 1.29 is 14.6 Å². The van der Waals surface area contributed by atoms with E-state index in [1.807, 2.05) is 30.3 Å². The number of unbranched alkanes of at least 4 members (excludes halogenated alkanes) is 8. The van der Waals surface area contributed by atoms with Crippen molar-refractivity contribution in [2.24, 2.45) is 0 Å². The Labute approximate surface area is 184 Å². The number of aromatic carboxylic acids is 1. The number of aromatic nitrogens is 2. The summed E-state index contributed by atoms with van der Waals surface area (Å²) in [5.74, 6) is -0.436. The first-order valence-corrected chi connectivity index (χ1v) is 11.4. The molecule has 1 aromatic heterocycles. The Hall–Kier alpha value is -2.95. The molecular weight excluding hydrogens is 388 g/mol. The number of fused-ring (bicyclic) bond motifs is 1. The smallest absolute Gasteiger partial charge is 0.336 e. The van der Waals surface area contributed by atoms with Gasteiger partial charge in [-0.2, -0.15) is 0 Å². The van der Waals surface area contributed by atoms with Crippen molar-refractivity contribution in [1.82, 2.24) is 9.97 Å². The Kier molecular flexibility index (Phi) is 8.83. The molecule has 0 fully saturated rings. The second kappa shape index (κ2) is 12.0. The van der Waals surface area contributed by atoms with E-state index in [4.69, 9.17) is 4.74 Å². The summed E-state index contributed by atoms with van der Waals surface area (Å²) in [6.07, 6.45) is 12.7. The van der Waals surface area contributed by atoms with Crippen molar-refractivity contribution in [1.29, 1.82) is 0 Å². The van der Waals surface area contributed by atoms with E-state index in [0.717, 1.165) is 23.7 Å². The number of rotatable bonds is 13. The van der Waals surface area contributed by atoms with Crippen LogP contribution in [0.15, 0.2) is 48.8 Å². The minimum absolute atomic E-state index is 0.188. The summed E-state index contributed by atoms with van der Waals surface area (Å²) in [6.45, 7) is 2.81. The Balaban J connectivity index is 1.67. The highest BCUT2D eigenvalue weighted by Crippen LogP contribution is 2.36. The number of nitrogens with zero attached hydrogens (tertiary/aromatic N) is 2. The summed E-state index contributed by atoms with van der Waals surface area (Å²) in [6, 6.07) is 12.8. The molecular formula is C26H32N2O3. The number of carbonyl (C=O) groups is 1. The minimum Gasteiger partial charge on any atom is -0.493 e. The van der Waals surface area contributed by atoms with Gasteiger partial charge in [0.2, 0.25) is 0 Å². The molecule has 0 aliphatic heterocycles. The lowest BCUT2D eigenvalue weighted by atomic mass is 9.99. The fourth-order valence-corrected chi connectivity index (χ4v) is 3.87. The molecule has 0 aliphatic rings. The number of ether oxygens (including phenoxy) is 1. The van der Waals surface area contributed by atoms with Crippen LogP contribution in [-0.4, -0.2) is 27.7 Å². The molecule has 0 saturated carbocycles. The average molecular weight is 421 g/mol. The maximum absolute atomic E-state index is 11.9. The largest absolute Gasteiger partial charge is 0.493 e. The molecule has 31 heavy (non-hydrogen) atoms. The molecule has 1 heterocycles. The van der Waals surface area contributed by atoms with Crippen LogP contribution in [0.3, 0.4) is 0 Å². The van der Waals surface area contributed by atoms with Gasteiger partial charge in [-0.15, -0.1) is 0 Å². The zero-order valence-electron chi connectivity index (χ0n) is 18.3. The lowest BCUT2D eigenvalue weighted by molar-refractivity contribution is 0.0697. The van der Waals surface area contributed by atoms with Crippen LogP contribution in [0.1, 0.15) is 75.1 Å². The van der Waals surface area contributed by atoms with Gasteiger partial charge in [0.25, 0.3) is 0 Å². The molecule has 3 aromatic rings. The first-order valence-electron chi connectivity index (χ1n) is 11.4. The average Bonchev–Trinajstić information content (AvgIpc) is 2.79. The van der Waals surface area contributed by atoms with Crippen LogP contribution in [0.4, 0.5) is 0 Å². The third-order valence-electron chi connectivity index (χ3n) is 5.54. The van der Waals surface area contributed by atoms with Gasteiger partial charge >= 0.3 is 5.97 Å². The molecule has 2 aromatic carbocycles. The number of para-hydroxylation sites is 1. The van der Waals surface area contributed by atoms with Gasteiger partial charge in [-0.1, -0.05) is 82.6 Å². The van der Waals surface area contributed by atoms with Crippen LogP contribution >= 0.6 is 0 Å². The molecule has 164 valence electrons. The fourth-order valence-electron chi connectivity index (χ4n) is 3.87. The summed E-state index contributed by atoms with van der Waals surface area (Å²) in [5, 5.41) is 10.6. The van der Waals surface area contributed by atoms with Crippen LogP contribution in [0, 0.1) is 0 Å². The van der Waals surface area contributed by atoms with Gasteiger partial charge < -0.3 is 9.84 Å². The summed E-state index contributed by atoms with van der Waals surface area (Å²) in [4.78, 5) is 20.7. The van der Waals surface area contributed by atoms with E-state index in [9.17, 15) is 9.90 Å². The first kappa shape index (κ1) is 22.7. The lowest BCUT2D eigenvalue weighted by Crippen LogP contribution is -2.05. The zero-order valence-corrected chi connectivity index (χ0v) is 18.3. The maximum atomic E-state index is 11.9. The highest BCUT2D eigenvalue weighted by molar-refractivity contribution is 6.03. The van der Waals surface area contributed by atoms with Crippen molar-refractivity contribution in [3.8, 4) is 17.0 Å². The maximum Gasteiger partial charge on any atom is 0.336 e. The summed E-state index contributed by atoms with van der Waals surface area (Å²) >= 11 is 0. The van der Waals surface area contributed by atoms with Crippen LogP contribution in [0.25, 0.3) is 22.2 Å². The van der Waals surface area contributed by atoms with Crippen LogP contribution in [0.2, 0.25) is 0 Å². The quantitative estimate of drug-likeness (QED) is 0.304. The third kappa shape index (κ3) is 6.27. The zero-order chi connectivity index (χ0) is 21.9. The van der Waals surface area contributed by atoms with Gasteiger partial charge in [0, 0.05) is 5.39 Å². The predicted octanol–water partition coefficient (Wildman–Crippen LogP) is 6.90. The first-order chi connectivity index (χ1) is 15.2. The van der Waals surface area contributed by atoms with Crippen LogP contribution < -0.4 is 4.74 Å². The molecule has 0 amide bonds. The van der Waals surface area contributed by atoms with Crippen LogP contribution in [0.5, 0.6) is 5.75 Å². The van der Waals surface area contributed by atoms with Crippen molar-refractivity contribution in [3.05, 3.63) is 54.4 Å². The molecule has 1 N–H and O–H groups in total. The summed E-state index contributed by atoms with van der Waals surface area (Å²) in [7, 11) is 0. The van der Waals surface area contributed by atoms with E-state index in [-0.39, 0.29) is 5.56 Å². The second-order valence-electron chi connectivity index (χ2n) is 7.90. The molecule has 0 unspecified atom stereocenters. The molecule has 0 atom stereocenters. The van der Waals surface area contributed by atoms with Gasteiger partial charge in [-0.05, 0) is 24.6 Å². The topological polar surface area (TPSA) is 72.3 Å². The molecule has 5 heteroatoms. The Morgan fingerprint density at radius 2 is 1.58 bits per heavy atom. The van der Waals surface area contributed by atoms with Gasteiger partial charge in [0.15, 0.2) is 0 Å². The molecule has 0 radical (unpaired) electrons. The van der Waals surface area contributed by atoms with E-state index in [1.54, 1.807) is 12.1 Å². The summed E-state index contributed by atoms with van der Waals surface area (Å²) < 4.78 is 6.07. The molecule has 0 bridgehead atoms. The van der Waals surface area contributed by atoms with E-state index >= 15 is 0 Å². The van der Waals surface area contributed by atoms with Crippen molar-refractivity contribution in [3.63, 3.8) is 0 Å². The Morgan fingerprint density at radius 3 is 2.32 bits per heavy atom. The molecule has 0 saturated heterocycles. The van der Waals surface area contributed by atoms with E-state index in [2.05, 4.69) is 16.9 Å². The van der Waals surface area contributed by atoms with E-state index in [0.29, 0.717) is 23.6 Å². The Morgan fingerprint density at radius 1 is 0.871 bits per heavy atom. The highest BCUT2D eigenvalue weighted by Gasteiger charge is 2.20.